The summed E-state index contributed by atoms with van der Waals surface area (Å²) in [5, 5.41) is 13.1. The van der Waals surface area contributed by atoms with Gasteiger partial charge in [-0.25, -0.2) is 0 Å². The maximum Gasteiger partial charge on any atom is 0.586 e. The van der Waals surface area contributed by atoms with E-state index in [4.69, 9.17) is 0 Å². The molecule has 1 fully saturated rings. The number of aromatic nitrogens is 1. The number of anilines is 1. The van der Waals surface area contributed by atoms with E-state index in [1.165, 1.54) is 12.1 Å². The average Bonchev–Trinajstić information content (AvgIpc) is 3.42. The van der Waals surface area contributed by atoms with E-state index in [1.54, 1.807) is 12.1 Å². The molecule has 5 rings (SSSR count). The number of halogens is 2. The Labute approximate surface area is 200 Å². The van der Waals surface area contributed by atoms with E-state index in [2.05, 4.69) is 14.8 Å². The van der Waals surface area contributed by atoms with Crippen LogP contribution in [0.15, 0.2) is 42.5 Å². The maximum atomic E-state index is 13.4. The Morgan fingerprint density at radius 3 is 2.43 bits per heavy atom. The lowest BCUT2D eigenvalue weighted by Gasteiger charge is -2.21. The van der Waals surface area contributed by atoms with E-state index in [9.17, 15) is 23.5 Å². The number of alkyl halides is 2. The normalized spacial score (nSPS) is 17.4. The first-order valence-electron chi connectivity index (χ1n) is 11.4. The largest absolute Gasteiger partial charge is 0.586 e. The summed E-state index contributed by atoms with van der Waals surface area (Å²) >= 11 is 0. The molecule has 9 heteroatoms. The highest BCUT2D eigenvalue weighted by Crippen LogP contribution is 2.52. The molecule has 2 aromatic carbocycles. The average molecular weight is 484 g/mol. The molecule has 35 heavy (non-hydrogen) atoms. The lowest BCUT2D eigenvalue weighted by Crippen LogP contribution is -2.27. The molecule has 0 atom stereocenters. The van der Waals surface area contributed by atoms with Crippen LogP contribution in [0.3, 0.4) is 0 Å². The molecular weight excluding hydrogens is 458 g/mol. The zero-order valence-electron chi connectivity index (χ0n) is 19.7. The minimum atomic E-state index is -3.71. The zero-order chi connectivity index (χ0) is 25.2. The van der Waals surface area contributed by atoms with E-state index in [0.29, 0.717) is 24.1 Å². The molecule has 1 aliphatic heterocycles. The van der Waals surface area contributed by atoms with Crippen LogP contribution in [-0.4, -0.2) is 34.3 Å². The minimum Gasteiger partial charge on any atom is -0.395 e. The molecule has 3 aromatic rings. The van der Waals surface area contributed by atoms with Crippen molar-refractivity contribution in [3.8, 4) is 11.5 Å². The van der Waals surface area contributed by atoms with Gasteiger partial charge in [-0.3, -0.25) is 9.59 Å². The second-order valence-electron chi connectivity index (χ2n) is 10.2. The molecule has 1 aromatic heterocycles. The Balaban J connectivity index is 1.42. The molecule has 1 amide bonds. The van der Waals surface area contributed by atoms with Gasteiger partial charge in [0.25, 0.3) is 0 Å². The molecule has 1 saturated carbocycles. The van der Waals surface area contributed by atoms with Crippen molar-refractivity contribution in [2.75, 3.05) is 11.9 Å². The van der Waals surface area contributed by atoms with Crippen LogP contribution < -0.4 is 14.8 Å². The van der Waals surface area contributed by atoms with E-state index in [-0.39, 0.29) is 35.1 Å². The van der Waals surface area contributed by atoms with Crippen molar-refractivity contribution in [1.29, 1.82) is 0 Å². The lowest BCUT2D eigenvalue weighted by atomic mass is 9.92. The van der Waals surface area contributed by atoms with Gasteiger partial charge in [0.15, 0.2) is 17.3 Å². The number of rotatable bonds is 6. The van der Waals surface area contributed by atoms with E-state index in [1.807, 2.05) is 43.5 Å². The van der Waals surface area contributed by atoms with Crippen LogP contribution in [0.5, 0.6) is 11.5 Å². The van der Waals surface area contributed by atoms with Crippen LogP contribution >= 0.6 is 0 Å². The van der Waals surface area contributed by atoms with Gasteiger partial charge in [-0.1, -0.05) is 26.8 Å². The van der Waals surface area contributed by atoms with Crippen molar-refractivity contribution in [1.82, 2.24) is 4.57 Å². The molecule has 1 aliphatic carbocycles. The quantitative estimate of drug-likeness (QED) is 0.538. The monoisotopic (exact) mass is 484 g/mol. The third-order valence-corrected chi connectivity index (χ3v) is 6.58. The standard InChI is InChI=1S/C26H26F2N2O5/c1-24(2,3)22-11-15-10-17(5-6-19(15)30(22)13-18(32)14-31)29-23(33)25(8-9-25)16-4-7-20-21(12-16)35-26(27,28)34-20/h4-7,10-12,31H,8-9,13-14H2,1-3H3,(H,29,33). The van der Waals surface area contributed by atoms with Crippen LogP contribution in [0, 0.1) is 0 Å². The Bertz CT molecular complexity index is 1350. The molecular formula is C26H26F2N2O5. The van der Waals surface area contributed by atoms with Crippen LogP contribution in [0.2, 0.25) is 0 Å². The van der Waals surface area contributed by atoms with E-state index < -0.39 is 18.3 Å². The summed E-state index contributed by atoms with van der Waals surface area (Å²) in [4.78, 5) is 25.3. The van der Waals surface area contributed by atoms with Gasteiger partial charge in [0.1, 0.15) is 6.61 Å². The Hall–Kier alpha value is -3.46. The molecule has 2 heterocycles. The number of carbonyl (C=O) groups excluding carboxylic acids is 2. The number of carbonyl (C=O) groups is 2. The van der Waals surface area contributed by atoms with Crippen molar-refractivity contribution >= 4 is 28.3 Å². The van der Waals surface area contributed by atoms with Crippen LogP contribution in [0.4, 0.5) is 14.5 Å². The molecule has 0 spiro atoms. The third kappa shape index (κ3) is 4.14. The summed E-state index contributed by atoms with van der Waals surface area (Å²) in [6, 6.07) is 11.9. The predicted molar refractivity (Wildman–Crippen MR) is 125 cm³/mol. The van der Waals surface area contributed by atoms with Gasteiger partial charge in [0.05, 0.1) is 12.0 Å². The fourth-order valence-corrected chi connectivity index (χ4v) is 4.64. The van der Waals surface area contributed by atoms with E-state index in [0.717, 1.165) is 16.6 Å². The smallest absolute Gasteiger partial charge is 0.395 e. The number of fused-ring (bicyclic) bond motifs is 2. The number of ketones is 1. The van der Waals surface area contributed by atoms with E-state index >= 15 is 0 Å². The van der Waals surface area contributed by atoms with Crippen LogP contribution in [0.25, 0.3) is 10.9 Å². The summed E-state index contributed by atoms with van der Waals surface area (Å²) in [5.74, 6) is -0.656. The summed E-state index contributed by atoms with van der Waals surface area (Å²) in [6.07, 6.45) is -2.53. The second-order valence-corrected chi connectivity index (χ2v) is 10.2. The zero-order valence-corrected chi connectivity index (χ0v) is 19.7. The first-order chi connectivity index (χ1) is 16.4. The third-order valence-electron chi connectivity index (χ3n) is 6.58. The SMILES string of the molecule is CC(C)(C)c1cc2cc(NC(=O)C3(c4ccc5c(c4)OC(F)(F)O5)CC3)ccc2n1CC(=O)CO. The lowest BCUT2D eigenvalue weighted by molar-refractivity contribution is -0.286. The number of nitrogens with one attached hydrogen (secondary N) is 1. The van der Waals surface area contributed by atoms with Crippen molar-refractivity contribution < 1.29 is 33.0 Å². The number of hydrogen-bond acceptors (Lipinski definition) is 5. The van der Waals surface area contributed by atoms with Crippen molar-refractivity contribution in [3.05, 3.63) is 53.7 Å². The summed E-state index contributed by atoms with van der Waals surface area (Å²) < 4.78 is 37.7. The topological polar surface area (TPSA) is 89.8 Å². The highest BCUT2D eigenvalue weighted by molar-refractivity contribution is 6.02. The molecule has 0 unspecified atom stereocenters. The minimum absolute atomic E-state index is 0.0562. The first kappa shape index (κ1) is 23.3. The molecule has 184 valence electrons. The van der Waals surface area contributed by atoms with Crippen molar-refractivity contribution in [3.63, 3.8) is 0 Å². The Morgan fingerprint density at radius 2 is 1.77 bits per heavy atom. The van der Waals surface area contributed by atoms with Gasteiger partial charge in [-0.2, -0.15) is 0 Å². The molecule has 7 nitrogen and oxygen atoms in total. The molecule has 0 radical (unpaired) electrons. The van der Waals surface area contributed by atoms with Gasteiger partial charge in [0.2, 0.25) is 5.91 Å². The molecule has 0 bridgehead atoms. The van der Waals surface area contributed by atoms with Crippen molar-refractivity contribution in [2.24, 2.45) is 0 Å². The predicted octanol–water partition coefficient (Wildman–Crippen LogP) is 4.49. The fourth-order valence-electron chi connectivity index (χ4n) is 4.64. The highest BCUT2D eigenvalue weighted by atomic mass is 19.3. The number of amides is 1. The van der Waals surface area contributed by atoms with Gasteiger partial charge in [0, 0.05) is 27.7 Å². The van der Waals surface area contributed by atoms with Gasteiger partial charge in [-0.05, 0) is 54.8 Å². The number of benzene rings is 2. The summed E-state index contributed by atoms with van der Waals surface area (Å²) in [6.45, 7) is 5.66. The highest BCUT2D eigenvalue weighted by Gasteiger charge is 2.52. The fraction of sp³-hybridized carbons (Fsp3) is 0.385. The number of aliphatic hydroxyl groups is 1. The van der Waals surface area contributed by atoms with Crippen molar-refractivity contribution in [2.45, 2.75) is 57.3 Å². The van der Waals surface area contributed by atoms with Crippen LogP contribution in [0.1, 0.15) is 44.9 Å². The number of aliphatic hydroxyl groups excluding tert-OH is 1. The van der Waals surface area contributed by atoms with Crippen LogP contribution in [-0.2, 0) is 27.0 Å². The van der Waals surface area contributed by atoms with Gasteiger partial charge < -0.3 is 24.5 Å². The first-order valence-corrected chi connectivity index (χ1v) is 11.4. The number of Topliss-reactive ketones (excluding diaryl/α,β-unsaturated/α-hetero) is 1. The number of hydrogen-bond donors (Lipinski definition) is 2. The molecule has 2 aliphatic rings. The molecule has 2 N–H and O–H groups in total. The number of nitrogens with zero attached hydrogens (tertiary/aromatic N) is 1. The summed E-state index contributed by atoms with van der Waals surface area (Å²) in [5.41, 5.74) is 1.89. The Kier molecular flexibility index (Phi) is 5.17. The maximum absolute atomic E-state index is 13.4. The van der Waals surface area contributed by atoms with Gasteiger partial charge in [-0.15, -0.1) is 8.78 Å². The Morgan fingerprint density at radius 1 is 1.06 bits per heavy atom. The summed E-state index contributed by atoms with van der Waals surface area (Å²) in [7, 11) is 0. The number of ether oxygens (including phenoxy) is 2. The van der Waals surface area contributed by atoms with Gasteiger partial charge >= 0.3 is 6.29 Å². The molecule has 0 saturated heterocycles. The second kappa shape index (κ2) is 7.78.